The lowest BCUT2D eigenvalue weighted by Crippen LogP contribution is -2.47. The van der Waals surface area contributed by atoms with Gasteiger partial charge in [0.15, 0.2) is 0 Å². The highest BCUT2D eigenvalue weighted by Crippen LogP contribution is 2.50. The van der Waals surface area contributed by atoms with Crippen LogP contribution < -0.4 is 5.32 Å². The number of hydrogen-bond donors (Lipinski definition) is 1. The highest BCUT2D eigenvalue weighted by molar-refractivity contribution is 6.08. The standard InChI is InChI=1S/C36H33NO6/c1-4-42-34(39)36(35(40)43-5-2)30(23-29(25-15-8-6-9-16-25)26-17-10-7-11-18-26)31(33(38)41-3)37-32(36)28-21-20-24-14-12-13-19-27(24)22-28/h6-22,31-32,37H,4-5H2,1-3H3/t31-,32-/m1/s1. The van der Waals surface area contributed by atoms with Crippen molar-refractivity contribution in [1.29, 1.82) is 0 Å². The Bertz CT molecular complexity index is 1650. The van der Waals surface area contributed by atoms with Crippen LogP contribution in [0.4, 0.5) is 0 Å². The second kappa shape index (κ2) is 12.9. The smallest absolute Gasteiger partial charge is 0.330 e. The maximum atomic E-state index is 14.3. The molecule has 1 fully saturated rings. The third-order valence-electron chi connectivity index (χ3n) is 7.60. The summed E-state index contributed by atoms with van der Waals surface area (Å²) >= 11 is 0. The van der Waals surface area contributed by atoms with E-state index >= 15 is 0 Å². The van der Waals surface area contributed by atoms with E-state index in [0.29, 0.717) is 11.1 Å². The Morgan fingerprint density at radius 3 is 1.81 bits per heavy atom. The molecule has 7 nitrogen and oxygen atoms in total. The third-order valence-corrected chi connectivity index (χ3v) is 7.60. The van der Waals surface area contributed by atoms with Gasteiger partial charge in [0.2, 0.25) is 5.41 Å². The molecule has 2 atom stereocenters. The van der Waals surface area contributed by atoms with Crippen molar-refractivity contribution >= 4 is 34.3 Å². The number of esters is 3. The first kappa shape index (κ1) is 29.5. The second-order valence-corrected chi connectivity index (χ2v) is 10.1. The summed E-state index contributed by atoms with van der Waals surface area (Å²) in [5, 5.41) is 5.15. The topological polar surface area (TPSA) is 90.9 Å². The molecule has 0 unspecified atom stereocenters. The average Bonchev–Trinajstić information content (AvgIpc) is 3.39. The van der Waals surface area contributed by atoms with Crippen molar-refractivity contribution in [1.82, 2.24) is 5.32 Å². The SMILES string of the molecule is CCOC(=O)C1(C(=O)OCC)C(=C=C(c2ccccc2)c2ccccc2)[C@H](C(=O)OC)N[C@@H]1c1ccc2ccccc2c1. The van der Waals surface area contributed by atoms with E-state index in [1.165, 1.54) is 7.11 Å². The van der Waals surface area contributed by atoms with E-state index in [1.54, 1.807) is 13.8 Å². The number of benzene rings is 4. The first-order chi connectivity index (χ1) is 20.9. The van der Waals surface area contributed by atoms with Gasteiger partial charge in [0, 0.05) is 11.1 Å². The summed E-state index contributed by atoms with van der Waals surface area (Å²) in [7, 11) is 1.26. The summed E-state index contributed by atoms with van der Waals surface area (Å²) in [4.78, 5) is 42.0. The van der Waals surface area contributed by atoms with Gasteiger partial charge in [-0.3, -0.25) is 14.9 Å². The fourth-order valence-corrected chi connectivity index (χ4v) is 5.65. The molecule has 1 aliphatic rings. The average molecular weight is 576 g/mol. The molecule has 0 aliphatic carbocycles. The molecule has 0 saturated carbocycles. The summed E-state index contributed by atoms with van der Waals surface area (Å²) in [6, 6.07) is 30.1. The van der Waals surface area contributed by atoms with Crippen molar-refractivity contribution in [3.63, 3.8) is 0 Å². The van der Waals surface area contributed by atoms with Crippen LogP contribution >= 0.6 is 0 Å². The van der Waals surface area contributed by atoms with Gasteiger partial charge in [-0.2, -0.15) is 0 Å². The Labute approximate surface area is 250 Å². The summed E-state index contributed by atoms with van der Waals surface area (Å²) in [6.45, 7) is 3.35. The molecule has 1 heterocycles. The van der Waals surface area contributed by atoms with Crippen molar-refractivity contribution in [2.45, 2.75) is 25.9 Å². The predicted molar refractivity (Wildman–Crippen MR) is 164 cm³/mol. The molecule has 1 saturated heterocycles. The number of ether oxygens (including phenoxy) is 3. The Morgan fingerprint density at radius 2 is 1.28 bits per heavy atom. The predicted octanol–water partition coefficient (Wildman–Crippen LogP) is 5.80. The molecule has 5 rings (SSSR count). The zero-order valence-corrected chi connectivity index (χ0v) is 24.3. The molecule has 0 aromatic heterocycles. The molecule has 7 heteroatoms. The molecule has 1 aliphatic heterocycles. The molecule has 4 aromatic carbocycles. The van der Waals surface area contributed by atoms with Gasteiger partial charge in [-0.05, 0) is 47.4 Å². The van der Waals surface area contributed by atoms with E-state index in [4.69, 9.17) is 14.2 Å². The van der Waals surface area contributed by atoms with Crippen molar-refractivity contribution in [2.75, 3.05) is 20.3 Å². The fourth-order valence-electron chi connectivity index (χ4n) is 5.65. The first-order valence-corrected chi connectivity index (χ1v) is 14.2. The number of nitrogens with one attached hydrogen (secondary N) is 1. The normalized spacial score (nSPS) is 17.1. The van der Waals surface area contributed by atoms with Gasteiger partial charge in [0.25, 0.3) is 0 Å². The van der Waals surface area contributed by atoms with Gasteiger partial charge in [0.05, 0.1) is 26.4 Å². The summed E-state index contributed by atoms with van der Waals surface area (Å²) in [5.74, 6) is -2.36. The van der Waals surface area contributed by atoms with Gasteiger partial charge in [-0.25, -0.2) is 4.79 Å². The lowest BCUT2D eigenvalue weighted by molar-refractivity contribution is -0.169. The minimum Gasteiger partial charge on any atom is -0.468 e. The molecule has 0 amide bonds. The first-order valence-electron chi connectivity index (χ1n) is 14.2. The zero-order chi connectivity index (χ0) is 30.4. The zero-order valence-electron chi connectivity index (χ0n) is 24.3. The van der Waals surface area contributed by atoms with E-state index in [1.807, 2.05) is 103 Å². The minimum atomic E-state index is -2.10. The van der Waals surface area contributed by atoms with Crippen molar-refractivity contribution < 1.29 is 28.6 Å². The third kappa shape index (κ3) is 5.48. The Kier molecular flexibility index (Phi) is 8.86. The maximum absolute atomic E-state index is 14.3. The van der Waals surface area contributed by atoms with Crippen LogP contribution in [0.25, 0.3) is 16.3 Å². The Hall–Kier alpha value is -4.97. The summed E-state index contributed by atoms with van der Waals surface area (Å²) in [6.07, 6.45) is 0. The van der Waals surface area contributed by atoms with Crippen LogP contribution in [0.15, 0.2) is 114 Å². The fraction of sp³-hybridized carbons (Fsp3) is 0.222. The highest BCUT2D eigenvalue weighted by atomic mass is 16.6. The molecular formula is C36H33NO6. The van der Waals surface area contributed by atoms with Crippen molar-refractivity contribution in [2.24, 2.45) is 5.41 Å². The second-order valence-electron chi connectivity index (χ2n) is 10.1. The molecule has 0 radical (unpaired) electrons. The molecule has 4 aromatic rings. The number of carbonyl (C=O) groups excluding carboxylic acids is 3. The Morgan fingerprint density at radius 1 is 0.744 bits per heavy atom. The van der Waals surface area contributed by atoms with Crippen LogP contribution in [0.2, 0.25) is 0 Å². The molecule has 0 bridgehead atoms. The van der Waals surface area contributed by atoms with Crippen molar-refractivity contribution in [3.05, 3.63) is 131 Å². The molecule has 43 heavy (non-hydrogen) atoms. The lowest BCUT2D eigenvalue weighted by Gasteiger charge is -2.31. The van der Waals surface area contributed by atoms with Crippen LogP contribution in [0.1, 0.15) is 36.6 Å². The molecular weight excluding hydrogens is 542 g/mol. The number of rotatable bonds is 8. The van der Waals surface area contributed by atoms with Crippen LogP contribution in [0, 0.1) is 5.41 Å². The van der Waals surface area contributed by atoms with E-state index < -0.39 is 35.4 Å². The van der Waals surface area contributed by atoms with Crippen LogP contribution in [0.3, 0.4) is 0 Å². The number of carbonyl (C=O) groups is 3. The monoisotopic (exact) mass is 575 g/mol. The molecule has 0 spiro atoms. The summed E-state index contributed by atoms with van der Waals surface area (Å²) < 4.78 is 16.4. The van der Waals surface area contributed by atoms with Gasteiger partial charge >= 0.3 is 17.9 Å². The van der Waals surface area contributed by atoms with Crippen molar-refractivity contribution in [3.8, 4) is 0 Å². The largest absolute Gasteiger partial charge is 0.468 e. The van der Waals surface area contributed by atoms with E-state index in [2.05, 4.69) is 11.0 Å². The van der Waals surface area contributed by atoms with E-state index in [9.17, 15) is 14.4 Å². The quantitative estimate of drug-likeness (QED) is 0.123. The lowest BCUT2D eigenvalue weighted by atomic mass is 9.72. The molecule has 218 valence electrons. The Balaban J connectivity index is 1.92. The molecule has 1 N–H and O–H groups in total. The summed E-state index contributed by atoms with van der Waals surface area (Å²) in [5.41, 5.74) is 4.11. The van der Waals surface area contributed by atoms with Crippen LogP contribution in [-0.4, -0.2) is 44.3 Å². The number of fused-ring (bicyclic) bond motifs is 1. The van der Waals surface area contributed by atoms with Gasteiger partial charge < -0.3 is 14.2 Å². The van der Waals surface area contributed by atoms with Gasteiger partial charge in [-0.1, -0.05) is 97.1 Å². The van der Waals surface area contributed by atoms with E-state index in [-0.39, 0.29) is 18.8 Å². The number of methoxy groups -OCH3 is 1. The maximum Gasteiger partial charge on any atom is 0.330 e. The van der Waals surface area contributed by atoms with Crippen LogP contribution in [-0.2, 0) is 28.6 Å². The highest BCUT2D eigenvalue weighted by Gasteiger charge is 2.66. The van der Waals surface area contributed by atoms with Gasteiger partial charge in [-0.15, -0.1) is 5.73 Å². The minimum absolute atomic E-state index is 0.00847. The van der Waals surface area contributed by atoms with E-state index in [0.717, 1.165) is 21.9 Å². The van der Waals surface area contributed by atoms with Gasteiger partial charge in [0.1, 0.15) is 6.04 Å². The van der Waals surface area contributed by atoms with Crippen LogP contribution in [0.5, 0.6) is 0 Å². The number of hydrogen-bond acceptors (Lipinski definition) is 7.